The molecule has 0 bridgehead atoms. The van der Waals surface area contributed by atoms with Crippen LogP contribution in [0.4, 0.5) is 0 Å². The molecule has 5 nitrogen and oxygen atoms in total. The fourth-order valence-corrected chi connectivity index (χ4v) is 2.25. The summed E-state index contributed by atoms with van der Waals surface area (Å²) < 4.78 is 27.6. The fourth-order valence-electron chi connectivity index (χ4n) is 0.939. The second-order valence-corrected chi connectivity index (χ2v) is 6.48. The molecule has 0 amide bonds. The highest BCUT2D eigenvalue weighted by molar-refractivity contribution is 7.89. The largest absolute Gasteiger partial charge is 0.339 e. The maximum Gasteiger partial charge on any atom is 0.259 e. The number of imidazole rings is 1. The van der Waals surface area contributed by atoms with E-state index in [4.69, 9.17) is 11.6 Å². The summed E-state index contributed by atoms with van der Waals surface area (Å²) in [6.45, 7) is 4.07. The number of halogens is 1. The van der Waals surface area contributed by atoms with Crippen molar-refractivity contribution in [3.8, 4) is 0 Å². The molecule has 0 spiro atoms. The second-order valence-electron chi connectivity index (χ2n) is 4.50. The van der Waals surface area contributed by atoms with E-state index in [9.17, 15) is 8.42 Å². The Bertz CT molecular complexity index is 453. The van der Waals surface area contributed by atoms with Crippen LogP contribution < -0.4 is 4.72 Å². The first-order valence-electron chi connectivity index (χ1n) is 4.80. The highest BCUT2D eigenvalue weighted by atomic mass is 35.5. The van der Waals surface area contributed by atoms with E-state index in [1.54, 1.807) is 11.6 Å². The Morgan fingerprint density at radius 1 is 1.56 bits per heavy atom. The van der Waals surface area contributed by atoms with E-state index >= 15 is 0 Å². The van der Waals surface area contributed by atoms with Crippen LogP contribution in [0, 0.1) is 5.41 Å². The summed E-state index contributed by atoms with van der Waals surface area (Å²) in [7, 11) is -1.81. The van der Waals surface area contributed by atoms with Crippen molar-refractivity contribution in [1.29, 1.82) is 0 Å². The van der Waals surface area contributed by atoms with E-state index in [1.807, 2.05) is 13.8 Å². The van der Waals surface area contributed by atoms with Crippen molar-refractivity contribution in [3.05, 3.63) is 12.5 Å². The molecule has 0 saturated heterocycles. The minimum absolute atomic E-state index is 0.0281. The molecule has 0 radical (unpaired) electrons. The lowest BCUT2D eigenvalue weighted by molar-refractivity contribution is 0.413. The number of hydrogen-bond acceptors (Lipinski definition) is 3. The van der Waals surface area contributed by atoms with Gasteiger partial charge in [0.25, 0.3) is 10.0 Å². The second kappa shape index (κ2) is 4.73. The van der Waals surface area contributed by atoms with Crippen molar-refractivity contribution in [2.24, 2.45) is 12.5 Å². The summed E-state index contributed by atoms with van der Waals surface area (Å²) in [5.74, 6) is 0.387. The predicted molar refractivity (Wildman–Crippen MR) is 62.9 cm³/mol. The minimum Gasteiger partial charge on any atom is -0.339 e. The average molecular weight is 266 g/mol. The van der Waals surface area contributed by atoms with Crippen LogP contribution in [0.3, 0.4) is 0 Å². The van der Waals surface area contributed by atoms with Crippen LogP contribution in [0.2, 0.25) is 0 Å². The molecule has 1 aromatic rings. The number of aryl methyl sites for hydroxylation is 1. The highest BCUT2D eigenvalue weighted by Crippen LogP contribution is 2.16. The van der Waals surface area contributed by atoms with Crippen LogP contribution in [0.25, 0.3) is 0 Å². The molecule has 92 valence electrons. The Morgan fingerprint density at radius 3 is 2.62 bits per heavy atom. The van der Waals surface area contributed by atoms with Crippen LogP contribution in [-0.4, -0.2) is 30.4 Å². The summed E-state index contributed by atoms with van der Waals surface area (Å²) in [5.41, 5.74) is -0.274. The molecule has 1 N–H and O–H groups in total. The monoisotopic (exact) mass is 265 g/mol. The molecule has 0 unspecified atom stereocenters. The smallest absolute Gasteiger partial charge is 0.259 e. The molecule has 0 atom stereocenters. The van der Waals surface area contributed by atoms with Crippen molar-refractivity contribution < 1.29 is 8.42 Å². The van der Waals surface area contributed by atoms with Gasteiger partial charge >= 0.3 is 0 Å². The van der Waals surface area contributed by atoms with Gasteiger partial charge in [-0.1, -0.05) is 13.8 Å². The van der Waals surface area contributed by atoms with E-state index in [-0.39, 0.29) is 17.0 Å². The number of nitrogens with one attached hydrogen (secondary N) is 1. The van der Waals surface area contributed by atoms with Gasteiger partial charge in [0.1, 0.15) is 0 Å². The maximum atomic E-state index is 11.8. The predicted octanol–water partition coefficient (Wildman–Crippen LogP) is 0.963. The number of rotatable bonds is 5. The Labute approximate surface area is 101 Å². The van der Waals surface area contributed by atoms with Gasteiger partial charge in [-0.2, -0.15) is 0 Å². The van der Waals surface area contributed by atoms with Gasteiger partial charge in [-0.15, -0.1) is 11.6 Å². The summed E-state index contributed by atoms with van der Waals surface area (Å²) in [5, 5.41) is 0.0281. The molecule has 0 fully saturated rings. The SMILES string of the molecule is Cn1cnc(S(=O)(=O)NCC(C)(C)CCl)c1. The van der Waals surface area contributed by atoms with Crippen LogP contribution >= 0.6 is 11.6 Å². The zero-order valence-electron chi connectivity index (χ0n) is 9.57. The van der Waals surface area contributed by atoms with Gasteiger partial charge in [-0.25, -0.2) is 18.1 Å². The topological polar surface area (TPSA) is 64.0 Å². The van der Waals surface area contributed by atoms with Crippen LogP contribution in [0.5, 0.6) is 0 Å². The van der Waals surface area contributed by atoms with Gasteiger partial charge in [-0.3, -0.25) is 0 Å². The van der Waals surface area contributed by atoms with E-state index in [0.717, 1.165) is 0 Å². The lowest BCUT2D eigenvalue weighted by Gasteiger charge is -2.21. The van der Waals surface area contributed by atoms with Gasteiger partial charge < -0.3 is 4.57 Å². The van der Waals surface area contributed by atoms with E-state index < -0.39 is 10.0 Å². The Balaban J connectivity index is 2.74. The molecule has 1 heterocycles. The van der Waals surface area contributed by atoms with Crippen LogP contribution in [-0.2, 0) is 17.1 Å². The summed E-state index contributed by atoms with van der Waals surface area (Å²) >= 11 is 5.72. The van der Waals surface area contributed by atoms with Gasteiger partial charge in [-0.05, 0) is 5.41 Å². The third-order valence-electron chi connectivity index (χ3n) is 2.06. The standard InChI is InChI=1S/C9H16ClN3O2S/c1-9(2,5-10)6-12-16(14,15)8-4-13(3)7-11-8/h4,7,12H,5-6H2,1-3H3. The number of aromatic nitrogens is 2. The number of hydrogen-bond donors (Lipinski definition) is 1. The molecule has 7 heteroatoms. The highest BCUT2D eigenvalue weighted by Gasteiger charge is 2.22. The van der Waals surface area contributed by atoms with Gasteiger partial charge in [0, 0.05) is 25.7 Å². The van der Waals surface area contributed by atoms with Gasteiger partial charge in [0.2, 0.25) is 0 Å². The Morgan fingerprint density at radius 2 is 2.19 bits per heavy atom. The number of alkyl halides is 1. The van der Waals surface area contributed by atoms with Crippen molar-refractivity contribution >= 4 is 21.6 Å². The molecule has 1 aromatic heterocycles. The van der Waals surface area contributed by atoms with Crippen LogP contribution in [0.15, 0.2) is 17.6 Å². The summed E-state index contributed by atoms with van der Waals surface area (Å²) in [6.07, 6.45) is 2.90. The molecule has 0 aliphatic rings. The quantitative estimate of drug-likeness (QED) is 0.807. The zero-order valence-corrected chi connectivity index (χ0v) is 11.1. The van der Waals surface area contributed by atoms with Crippen molar-refractivity contribution in [3.63, 3.8) is 0 Å². The Hall–Kier alpha value is -0.590. The molecule has 0 aliphatic carbocycles. The number of nitrogens with zero attached hydrogens (tertiary/aromatic N) is 2. The summed E-state index contributed by atoms with van der Waals surface area (Å²) in [6, 6.07) is 0. The van der Waals surface area contributed by atoms with Crippen LogP contribution in [0.1, 0.15) is 13.8 Å². The van der Waals surface area contributed by atoms with Crippen molar-refractivity contribution in [1.82, 2.24) is 14.3 Å². The first kappa shape index (κ1) is 13.5. The molecule has 1 rings (SSSR count). The average Bonchev–Trinajstić information content (AvgIpc) is 2.63. The van der Waals surface area contributed by atoms with Gasteiger partial charge in [0.15, 0.2) is 5.03 Å². The van der Waals surface area contributed by atoms with E-state index in [2.05, 4.69) is 9.71 Å². The molecule has 0 saturated carbocycles. The molecular formula is C9H16ClN3O2S. The third-order valence-corrected chi connectivity index (χ3v) is 4.07. The third kappa shape index (κ3) is 3.47. The summed E-state index contributed by atoms with van der Waals surface area (Å²) in [4.78, 5) is 3.79. The minimum atomic E-state index is -3.52. The van der Waals surface area contributed by atoms with Crippen molar-refractivity contribution in [2.45, 2.75) is 18.9 Å². The number of sulfonamides is 1. The molecule has 16 heavy (non-hydrogen) atoms. The first-order chi connectivity index (χ1) is 7.27. The molecule has 0 aliphatic heterocycles. The normalized spacial score (nSPS) is 13.0. The fraction of sp³-hybridized carbons (Fsp3) is 0.667. The van der Waals surface area contributed by atoms with E-state index in [0.29, 0.717) is 5.88 Å². The molecular weight excluding hydrogens is 250 g/mol. The lowest BCUT2D eigenvalue weighted by atomic mass is 9.97. The lowest BCUT2D eigenvalue weighted by Crippen LogP contribution is -2.35. The zero-order chi connectivity index (χ0) is 12.4. The van der Waals surface area contributed by atoms with Crippen molar-refractivity contribution in [2.75, 3.05) is 12.4 Å². The van der Waals surface area contributed by atoms with Gasteiger partial charge in [0.05, 0.1) is 6.33 Å². The maximum absolute atomic E-state index is 11.8. The molecule has 0 aromatic carbocycles. The first-order valence-corrected chi connectivity index (χ1v) is 6.82. The Kier molecular flexibility index (Phi) is 3.98. The van der Waals surface area contributed by atoms with E-state index in [1.165, 1.54) is 12.5 Å².